The first-order valence-corrected chi connectivity index (χ1v) is 8.37. The van der Waals surface area contributed by atoms with Gasteiger partial charge in [0.1, 0.15) is 0 Å². The second-order valence-electron chi connectivity index (χ2n) is 4.33. The smallest absolute Gasteiger partial charge is 0.331 e. The van der Waals surface area contributed by atoms with Gasteiger partial charge in [-0.2, -0.15) is 0 Å². The van der Waals surface area contributed by atoms with Crippen molar-refractivity contribution in [2.45, 2.75) is 11.8 Å². The summed E-state index contributed by atoms with van der Waals surface area (Å²) in [5.74, 6) is -0.342. The predicted octanol–water partition coefficient (Wildman–Crippen LogP) is 2.92. The van der Waals surface area contributed by atoms with E-state index in [1.54, 1.807) is 17.5 Å². The molecular formula is C15H15NO3S2. The third-order valence-electron chi connectivity index (χ3n) is 2.72. The summed E-state index contributed by atoms with van der Waals surface area (Å²) in [5, 5.41) is 13.5. The van der Waals surface area contributed by atoms with Crippen LogP contribution in [0.2, 0.25) is 0 Å². The van der Waals surface area contributed by atoms with E-state index in [4.69, 9.17) is 0 Å². The summed E-state index contributed by atoms with van der Waals surface area (Å²) in [4.78, 5) is 23.7. The second-order valence-corrected chi connectivity index (χ2v) is 6.30. The summed E-state index contributed by atoms with van der Waals surface area (Å²) >= 11 is 2.78. The monoisotopic (exact) mass is 321 g/mol. The Kier molecular flexibility index (Phi) is 5.83. The average molecular weight is 321 g/mol. The SMILES string of the molecule is O=C(CSCc1ccccc1)NC(C(=O)O)c1cccs1. The Balaban J connectivity index is 1.82. The summed E-state index contributed by atoms with van der Waals surface area (Å²) in [5.41, 5.74) is 1.14. The number of carbonyl (C=O) groups is 2. The number of benzene rings is 1. The number of carbonyl (C=O) groups excluding carboxylic acids is 1. The maximum atomic E-state index is 11.9. The summed E-state index contributed by atoms with van der Waals surface area (Å²) < 4.78 is 0. The van der Waals surface area contributed by atoms with E-state index in [-0.39, 0.29) is 11.7 Å². The van der Waals surface area contributed by atoms with E-state index >= 15 is 0 Å². The molecule has 0 spiro atoms. The number of hydrogen-bond acceptors (Lipinski definition) is 4. The van der Waals surface area contributed by atoms with Gasteiger partial charge in [0.05, 0.1) is 5.75 Å². The van der Waals surface area contributed by atoms with Crippen molar-refractivity contribution in [3.63, 3.8) is 0 Å². The van der Waals surface area contributed by atoms with Gasteiger partial charge >= 0.3 is 5.97 Å². The van der Waals surface area contributed by atoms with Crippen molar-refractivity contribution in [1.29, 1.82) is 0 Å². The van der Waals surface area contributed by atoms with Gasteiger partial charge in [-0.15, -0.1) is 23.1 Å². The molecule has 110 valence electrons. The highest BCUT2D eigenvalue weighted by molar-refractivity contribution is 7.99. The van der Waals surface area contributed by atoms with Crippen LogP contribution in [0.1, 0.15) is 16.5 Å². The van der Waals surface area contributed by atoms with Crippen LogP contribution >= 0.6 is 23.1 Å². The highest BCUT2D eigenvalue weighted by Crippen LogP contribution is 2.19. The molecule has 1 amide bonds. The van der Waals surface area contributed by atoms with E-state index in [1.807, 2.05) is 30.3 Å². The lowest BCUT2D eigenvalue weighted by Crippen LogP contribution is -2.34. The molecule has 0 radical (unpaired) electrons. The van der Waals surface area contributed by atoms with Crippen LogP contribution in [0.5, 0.6) is 0 Å². The molecule has 21 heavy (non-hydrogen) atoms. The molecule has 1 heterocycles. The molecular weight excluding hydrogens is 306 g/mol. The quantitative estimate of drug-likeness (QED) is 0.823. The number of carboxylic acids is 1. The van der Waals surface area contributed by atoms with Crippen molar-refractivity contribution in [1.82, 2.24) is 5.32 Å². The van der Waals surface area contributed by atoms with Crippen LogP contribution in [-0.2, 0) is 15.3 Å². The Morgan fingerprint density at radius 3 is 2.57 bits per heavy atom. The fourth-order valence-electron chi connectivity index (χ4n) is 1.75. The molecule has 2 N–H and O–H groups in total. The Morgan fingerprint density at radius 1 is 1.19 bits per heavy atom. The van der Waals surface area contributed by atoms with Crippen molar-refractivity contribution >= 4 is 35.0 Å². The van der Waals surface area contributed by atoms with Crippen LogP contribution in [0, 0.1) is 0 Å². The highest BCUT2D eigenvalue weighted by atomic mass is 32.2. The van der Waals surface area contributed by atoms with Gasteiger partial charge in [0.2, 0.25) is 5.91 Å². The molecule has 0 aliphatic carbocycles. The van der Waals surface area contributed by atoms with Crippen molar-refractivity contribution in [3.05, 3.63) is 58.3 Å². The number of rotatable bonds is 7. The number of thioether (sulfide) groups is 1. The van der Waals surface area contributed by atoms with Crippen LogP contribution in [0.25, 0.3) is 0 Å². The number of carboxylic acid groups (broad SMARTS) is 1. The number of amides is 1. The van der Waals surface area contributed by atoms with Gasteiger partial charge in [-0.3, -0.25) is 4.79 Å². The van der Waals surface area contributed by atoms with E-state index in [1.165, 1.54) is 23.1 Å². The summed E-state index contributed by atoms with van der Waals surface area (Å²) in [6.07, 6.45) is 0. The Bertz CT molecular complexity index is 584. The fourth-order valence-corrected chi connectivity index (χ4v) is 3.31. The molecule has 0 saturated heterocycles. The third kappa shape index (κ3) is 4.91. The Morgan fingerprint density at radius 2 is 1.95 bits per heavy atom. The predicted molar refractivity (Wildman–Crippen MR) is 85.4 cm³/mol. The first-order chi connectivity index (χ1) is 10.2. The van der Waals surface area contributed by atoms with E-state index in [9.17, 15) is 14.7 Å². The maximum absolute atomic E-state index is 11.9. The lowest BCUT2D eigenvalue weighted by molar-refractivity contribution is -0.141. The molecule has 1 unspecified atom stereocenters. The number of hydrogen-bond donors (Lipinski definition) is 2. The zero-order valence-corrected chi connectivity index (χ0v) is 12.8. The normalized spacial score (nSPS) is 11.8. The molecule has 2 aromatic rings. The van der Waals surface area contributed by atoms with E-state index < -0.39 is 12.0 Å². The zero-order valence-electron chi connectivity index (χ0n) is 11.2. The maximum Gasteiger partial charge on any atom is 0.331 e. The lowest BCUT2D eigenvalue weighted by atomic mass is 10.2. The number of thiophene rings is 1. The Labute approximate surface area is 131 Å². The average Bonchev–Trinajstić information content (AvgIpc) is 2.99. The van der Waals surface area contributed by atoms with Gasteiger partial charge < -0.3 is 10.4 Å². The zero-order chi connectivity index (χ0) is 15.1. The lowest BCUT2D eigenvalue weighted by Gasteiger charge is -2.12. The van der Waals surface area contributed by atoms with Crippen LogP contribution in [0.3, 0.4) is 0 Å². The topological polar surface area (TPSA) is 66.4 Å². The minimum atomic E-state index is -1.04. The van der Waals surface area contributed by atoms with Crippen molar-refractivity contribution in [2.24, 2.45) is 0 Å². The van der Waals surface area contributed by atoms with Crippen molar-refractivity contribution in [2.75, 3.05) is 5.75 Å². The highest BCUT2D eigenvalue weighted by Gasteiger charge is 2.22. The van der Waals surface area contributed by atoms with Gasteiger partial charge in [-0.25, -0.2) is 4.79 Å². The summed E-state index contributed by atoms with van der Waals surface area (Å²) in [6.45, 7) is 0. The molecule has 1 atom stereocenters. The number of nitrogens with one attached hydrogen (secondary N) is 1. The molecule has 1 aromatic carbocycles. The minimum absolute atomic E-state index is 0.240. The van der Waals surface area contributed by atoms with Gasteiger partial charge in [0, 0.05) is 10.6 Å². The molecule has 0 saturated carbocycles. The van der Waals surface area contributed by atoms with Gasteiger partial charge in [0.15, 0.2) is 6.04 Å². The van der Waals surface area contributed by atoms with E-state index in [2.05, 4.69) is 5.32 Å². The second kappa shape index (κ2) is 7.85. The van der Waals surface area contributed by atoms with Crippen molar-refractivity contribution < 1.29 is 14.7 Å². The van der Waals surface area contributed by atoms with E-state index in [0.29, 0.717) is 4.88 Å². The van der Waals surface area contributed by atoms with Crippen molar-refractivity contribution in [3.8, 4) is 0 Å². The molecule has 0 fully saturated rings. The van der Waals surface area contributed by atoms with Crippen LogP contribution in [-0.4, -0.2) is 22.7 Å². The van der Waals surface area contributed by atoms with E-state index in [0.717, 1.165) is 11.3 Å². The van der Waals surface area contributed by atoms with Crippen LogP contribution < -0.4 is 5.32 Å². The Hall–Kier alpha value is -1.79. The molecule has 2 rings (SSSR count). The molecule has 4 nitrogen and oxygen atoms in total. The van der Waals surface area contributed by atoms with Gasteiger partial charge in [0.25, 0.3) is 0 Å². The molecule has 0 aliphatic rings. The first kappa shape index (κ1) is 15.6. The minimum Gasteiger partial charge on any atom is -0.479 e. The standard InChI is InChI=1S/C15H15NO3S2/c17-13(10-20-9-11-5-2-1-3-6-11)16-14(15(18)19)12-7-4-8-21-12/h1-8,14H,9-10H2,(H,16,17)(H,18,19). The fraction of sp³-hybridized carbons (Fsp3) is 0.200. The first-order valence-electron chi connectivity index (χ1n) is 6.34. The van der Waals surface area contributed by atoms with Crippen LogP contribution in [0.15, 0.2) is 47.8 Å². The third-order valence-corrected chi connectivity index (χ3v) is 4.67. The molecule has 0 aliphatic heterocycles. The molecule has 6 heteroatoms. The number of aliphatic carboxylic acids is 1. The molecule has 1 aromatic heterocycles. The largest absolute Gasteiger partial charge is 0.479 e. The van der Waals surface area contributed by atoms with Crippen LogP contribution in [0.4, 0.5) is 0 Å². The summed E-state index contributed by atoms with van der Waals surface area (Å²) in [6, 6.07) is 12.4. The van der Waals surface area contributed by atoms with Gasteiger partial charge in [-0.1, -0.05) is 36.4 Å². The van der Waals surface area contributed by atoms with Gasteiger partial charge in [-0.05, 0) is 17.0 Å². The summed E-state index contributed by atoms with van der Waals surface area (Å²) in [7, 11) is 0. The molecule has 0 bridgehead atoms.